The van der Waals surface area contributed by atoms with Crippen LogP contribution in [0, 0.1) is 0 Å². The highest BCUT2D eigenvalue weighted by Gasteiger charge is 2.07. The number of anilines is 1. The highest BCUT2D eigenvalue weighted by molar-refractivity contribution is 6.17. The van der Waals surface area contributed by atoms with Gasteiger partial charge >= 0.3 is 0 Å². The molecule has 1 aromatic rings. The van der Waals surface area contributed by atoms with E-state index in [4.69, 9.17) is 11.6 Å². The van der Waals surface area contributed by atoms with Gasteiger partial charge in [0.15, 0.2) is 0 Å². The third-order valence-corrected chi connectivity index (χ3v) is 2.70. The molecule has 1 aliphatic rings. The molecule has 0 N–H and O–H groups in total. The third-order valence-electron chi connectivity index (χ3n) is 2.43. The summed E-state index contributed by atoms with van der Waals surface area (Å²) in [5.41, 5.74) is 2.52. The van der Waals surface area contributed by atoms with E-state index in [1.165, 1.54) is 11.3 Å². The topological polar surface area (TPSA) is 3.24 Å². The largest absolute Gasteiger partial charge is 0.347 e. The molecular weight excluding hydrogens is 206 g/mol. The molecule has 0 saturated carbocycles. The third kappa shape index (κ3) is 2.42. The average molecular weight is 220 g/mol. The van der Waals surface area contributed by atoms with Crippen molar-refractivity contribution in [2.45, 2.75) is 6.42 Å². The smallest absolute Gasteiger partial charge is 0.0479 e. The van der Waals surface area contributed by atoms with Gasteiger partial charge in [-0.05, 0) is 24.1 Å². The van der Waals surface area contributed by atoms with Crippen molar-refractivity contribution in [2.24, 2.45) is 0 Å². The Balaban J connectivity index is 2.27. The highest BCUT2D eigenvalue weighted by Crippen LogP contribution is 2.24. The van der Waals surface area contributed by atoms with Crippen molar-refractivity contribution in [1.29, 1.82) is 0 Å². The Kier molecular flexibility index (Phi) is 3.46. The normalized spacial score (nSPS) is 13.8. The van der Waals surface area contributed by atoms with Crippen molar-refractivity contribution in [3.63, 3.8) is 0 Å². The van der Waals surface area contributed by atoms with Gasteiger partial charge in [0.25, 0.3) is 0 Å². The van der Waals surface area contributed by atoms with Gasteiger partial charge < -0.3 is 4.90 Å². The number of benzene rings is 1. The Labute approximate surface area is 95.7 Å². The van der Waals surface area contributed by atoms with Crippen LogP contribution in [0.4, 0.5) is 5.69 Å². The van der Waals surface area contributed by atoms with Crippen LogP contribution < -0.4 is 4.90 Å². The molecule has 0 fully saturated rings. The number of halogens is 1. The zero-order valence-corrected chi connectivity index (χ0v) is 9.32. The molecule has 0 aromatic heterocycles. The fraction of sp³-hybridized carbons (Fsp3) is 0.231. The van der Waals surface area contributed by atoms with E-state index < -0.39 is 0 Å². The summed E-state index contributed by atoms with van der Waals surface area (Å²) in [6, 6.07) is 8.41. The molecule has 1 heterocycles. The highest BCUT2D eigenvalue weighted by atomic mass is 35.5. The van der Waals surface area contributed by atoms with Crippen LogP contribution in [-0.2, 0) is 0 Å². The number of rotatable bonds is 3. The van der Waals surface area contributed by atoms with Gasteiger partial charge in [-0.25, -0.2) is 0 Å². The zero-order chi connectivity index (χ0) is 10.5. The maximum absolute atomic E-state index is 5.72. The van der Waals surface area contributed by atoms with Crippen LogP contribution in [0.5, 0.6) is 0 Å². The molecule has 0 radical (unpaired) electrons. The van der Waals surface area contributed by atoms with E-state index in [1.54, 1.807) is 0 Å². The predicted molar refractivity (Wildman–Crippen MR) is 67.3 cm³/mol. The van der Waals surface area contributed by atoms with Gasteiger partial charge in [0.2, 0.25) is 0 Å². The van der Waals surface area contributed by atoms with Crippen molar-refractivity contribution in [1.82, 2.24) is 0 Å². The first-order chi connectivity index (χ1) is 7.42. The second-order valence-corrected chi connectivity index (χ2v) is 3.87. The van der Waals surface area contributed by atoms with Crippen LogP contribution in [0.3, 0.4) is 0 Å². The summed E-state index contributed by atoms with van der Waals surface area (Å²) in [7, 11) is 0. The SMILES string of the molecule is ClCCCN1C=CC=Cc2ccccc21. The summed E-state index contributed by atoms with van der Waals surface area (Å²) >= 11 is 5.72. The van der Waals surface area contributed by atoms with E-state index in [2.05, 4.69) is 53.6 Å². The van der Waals surface area contributed by atoms with Crippen LogP contribution in [0.15, 0.2) is 42.6 Å². The summed E-state index contributed by atoms with van der Waals surface area (Å²) in [6.07, 6.45) is 9.37. The lowest BCUT2D eigenvalue weighted by Gasteiger charge is -2.21. The minimum Gasteiger partial charge on any atom is -0.347 e. The molecule has 1 aromatic carbocycles. The van der Waals surface area contributed by atoms with Crippen LogP contribution in [0.1, 0.15) is 12.0 Å². The number of allylic oxidation sites excluding steroid dienone is 2. The number of hydrogen-bond donors (Lipinski definition) is 0. The van der Waals surface area contributed by atoms with Crippen molar-refractivity contribution < 1.29 is 0 Å². The van der Waals surface area contributed by atoms with Gasteiger partial charge in [0.1, 0.15) is 0 Å². The number of para-hydroxylation sites is 1. The van der Waals surface area contributed by atoms with Crippen LogP contribution >= 0.6 is 11.6 Å². The second-order valence-electron chi connectivity index (χ2n) is 3.50. The summed E-state index contributed by atoms with van der Waals surface area (Å²) in [5, 5.41) is 0. The molecular formula is C13H14ClN. The Morgan fingerprint density at radius 3 is 2.87 bits per heavy atom. The van der Waals surface area contributed by atoms with Crippen LogP contribution in [0.25, 0.3) is 6.08 Å². The van der Waals surface area contributed by atoms with Crippen molar-refractivity contribution in [2.75, 3.05) is 17.3 Å². The van der Waals surface area contributed by atoms with Crippen LogP contribution in [0.2, 0.25) is 0 Å². The van der Waals surface area contributed by atoms with Gasteiger partial charge in [-0.15, -0.1) is 11.6 Å². The lowest BCUT2D eigenvalue weighted by Crippen LogP contribution is -2.18. The molecule has 0 atom stereocenters. The number of fused-ring (bicyclic) bond motifs is 1. The molecule has 2 heteroatoms. The van der Waals surface area contributed by atoms with Crippen molar-refractivity contribution >= 4 is 23.4 Å². The number of alkyl halides is 1. The van der Waals surface area contributed by atoms with E-state index >= 15 is 0 Å². The molecule has 2 rings (SSSR count). The maximum Gasteiger partial charge on any atom is 0.0479 e. The molecule has 78 valence electrons. The fourth-order valence-corrected chi connectivity index (χ4v) is 1.83. The Morgan fingerprint density at radius 1 is 1.13 bits per heavy atom. The summed E-state index contributed by atoms with van der Waals surface area (Å²) in [6.45, 7) is 0.971. The second kappa shape index (κ2) is 5.04. The lowest BCUT2D eigenvalue weighted by atomic mass is 10.1. The Bertz CT molecular complexity index is 382. The van der Waals surface area contributed by atoms with Gasteiger partial charge in [-0.2, -0.15) is 0 Å². The minimum absolute atomic E-state index is 0.708. The molecule has 0 bridgehead atoms. The number of hydrogen-bond acceptors (Lipinski definition) is 1. The fourth-order valence-electron chi connectivity index (χ4n) is 1.71. The maximum atomic E-state index is 5.72. The van der Waals surface area contributed by atoms with Crippen LogP contribution in [-0.4, -0.2) is 12.4 Å². The molecule has 0 aliphatic carbocycles. The van der Waals surface area contributed by atoms with Gasteiger partial charge in [-0.1, -0.05) is 30.4 Å². The van der Waals surface area contributed by atoms with E-state index in [0.29, 0.717) is 5.88 Å². The van der Waals surface area contributed by atoms with E-state index in [9.17, 15) is 0 Å². The van der Waals surface area contributed by atoms with E-state index in [1.807, 2.05) is 0 Å². The quantitative estimate of drug-likeness (QED) is 0.702. The van der Waals surface area contributed by atoms with Gasteiger partial charge in [-0.3, -0.25) is 0 Å². The molecule has 15 heavy (non-hydrogen) atoms. The Morgan fingerprint density at radius 2 is 2.00 bits per heavy atom. The van der Waals surface area contributed by atoms with E-state index in [0.717, 1.165) is 13.0 Å². The Hall–Kier alpha value is -1.21. The molecule has 0 amide bonds. The molecule has 1 aliphatic heterocycles. The first-order valence-electron chi connectivity index (χ1n) is 5.18. The lowest BCUT2D eigenvalue weighted by molar-refractivity contribution is 0.885. The molecule has 0 spiro atoms. The summed E-state index contributed by atoms with van der Waals surface area (Å²) in [4.78, 5) is 2.25. The first-order valence-corrected chi connectivity index (χ1v) is 5.72. The summed E-state index contributed by atoms with van der Waals surface area (Å²) in [5.74, 6) is 0.708. The van der Waals surface area contributed by atoms with Crippen molar-refractivity contribution in [3.8, 4) is 0 Å². The zero-order valence-electron chi connectivity index (χ0n) is 8.57. The van der Waals surface area contributed by atoms with Crippen molar-refractivity contribution in [3.05, 3.63) is 48.2 Å². The molecule has 0 saturated heterocycles. The number of nitrogens with zero attached hydrogens (tertiary/aromatic N) is 1. The first kappa shape index (κ1) is 10.3. The summed E-state index contributed by atoms with van der Waals surface area (Å²) < 4.78 is 0. The van der Waals surface area contributed by atoms with E-state index in [-0.39, 0.29) is 0 Å². The predicted octanol–water partition coefficient (Wildman–Crippen LogP) is 3.66. The molecule has 1 nitrogen and oxygen atoms in total. The molecule has 0 unspecified atom stereocenters. The standard InChI is InChI=1S/C13H14ClN/c14-9-5-11-15-10-4-3-7-12-6-1-2-8-13(12)15/h1-4,6-8,10H,5,9,11H2. The van der Waals surface area contributed by atoms with Gasteiger partial charge in [0, 0.05) is 24.3 Å². The average Bonchev–Trinajstić information content (AvgIpc) is 2.49. The van der Waals surface area contributed by atoms with Gasteiger partial charge in [0.05, 0.1) is 0 Å². The monoisotopic (exact) mass is 219 g/mol. The minimum atomic E-state index is 0.708.